The molecule has 102 valence electrons. The second-order valence-electron chi connectivity index (χ2n) is 4.15. The molecule has 2 aromatic carbocycles. The molecule has 0 aliphatic carbocycles. The van der Waals surface area contributed by atoms with E-state index < -0.39 is 4.92 Å². The summed E-state index contributed by atoms with van der Waals surface area (Å²) in [6, 6.07) is 12.4. The number of hydrogen-bond acceptors (Lipinski definition) is 3. The highest BCUT2D eigenvalue weighted by Gasteiger charge is 2.15. The molecule has 2 aromatic rings. The maximum atomic E-state index is 12.3. The Balaban J connectivity index is 2.24. The van der Waals surface area contributed by atoms with Crippen LogP contribution in [0.5, 0.6) is 0 Å². The van der Waals surface area contributed by atoms with Crippen LogP contribution in [-0.2, 0) is 0 Å². The van der Waals surface area contributed by atoms with Crippen LogP contribution in [0.4, 0.5) is 11.4 Å². The molecule has 0 bridgehead atoms. The van der Waals surface area contributed by atoms with Crippen molar-refractivity contribution in [2.45, 2.75) is 0 Å². The van der Waals surface area contributed by atoms with Crippen LogP contribution in [0.1, 0.15) is 10.4 Å². The van der Waals surface area contributed by atoms with Gasteiger partial charge in [-0.1, -0.05) is 17.7 Å². The van der Waals surface area contributed by atoms with Gasteiger partial charge in [-0.2, -0.15) is 0 Å². The van der Waals surface area contributed by atoms with Crippen molar-refractivity contribution in [3.05, 3.63) is 69.2 Å². The van der Waals surface area contributed by atoms with Gasteiger partial charge in [0.2, 0.25) is 0 Å². The van der Waals surface area contributed by atoms with Crippen LogP contribution in [0.2, 0.25) is 5.02 Å². The lowest BCUT2D eigenvalue weighted by atomic mass is 10.1. The average Bonchev–Trinajstić information content (AvgIpc) is 2.46. The van der Waals surface area contributed by atoms with Crippen molar-refractivity contribution in [2.24, 2.45) is 0 Å². The Morgan fingerprint density at radius 3 is 2.40 bits per heavy atom. The highest BCUT2D eigenvalue weighted by Crippen LogP contribution is 2.21. The monoisotopic (exact) mass is 290 g/mol. The maximum Gasteiger partial charge on any atom is 0.269 e. The molecule has 0 spiro atoms. The van der Waals surface area contributed by atoms with Gasteiger partial charge in [-0.25, -0.2) is 0 Å². The molecule has 6 heteroatoms. The summed E-state index contributed by atoms with van der Waals surface area (Å²) < 4.78 is 0. The summed E-state index contributed by atoms with van der Waals surface area (Å²) in [5, 5.41) is 11.1. The fourth-order valence-corrected chi connectivity index (χ4v) is 1.91. The number of carbonyl (C=O) groups excluding carboxylic acids is 1. The zero-order valence-corrected chi connectivity index (χ0v) is 11.4. The van der Waals surface area contributed by atoms with Gasteiger partial charge in [0, 0.05) is 35.5 Å². The molecule has 5 nitrogen and oxygen atoms in total. The number of non-ortho nitro benzene ring substituents is 1. The molecule has 1 amide bonds. The fraction of sp³-hybridized carbons (Fsp3) is 0.0714. The number of halogens is 1. The van der Waals surface area contributed by atoms with E-state index in [4.69, 9.17) is 11.6 Å². The lowest BCUT2D eigenvalue weighted by Crippen LogP contribution is -2.26. The van der Waals surface area contributed by atoms with Crippen LogP contribution in [0.3, 0.4) is 0 Å². The highest BCUT2D eigenvalue weighted by molar-refractivity contribution is 6.31. The third-order valence-corrected chi connectivity index (χ3v) is 3.06. The Hall–Kier alpha value is -2.40. The molecule has 2 rings (SSSR count). The van der Waals surface area contributed by atoms with E-state index >= 15 is 0 Å². The number of rotatable bonds is 3. The number of amides is 1. The number of hydrogen-bond donors (Lipinski definition) is 0. The first-order valence-electron chi connectivity index (χ1n) is 5.77. The van der Waals surface area contributed by atoms with E-state index in [9.17, 15) is 14.9 Å². The van der Waals surface area contributed by atoms with Gasteiger partial charge in [-0.3, -0.25) is 14.9 Å². The molecular weight excluding hydrogens is 280 g/mol. The van der Waals surface area contributed by atoms with Crippen LogP contribution in [0, 0.1) is 10.1 Å². The summed E-state index contributed by atoms with van der Waals surface area (Å²) in [4.78, 5) is 23.8. The van der Waals surface area contributed by atoms with E-state index in [1.807, 2.05) is 0 Å². The number of nitro benzene ring substituents is 1. The fourth-order valence-electron chi connectivity index (χ4n) is 1.72. The number of benzene rings is 2. The summed E-state index contributed by atoms with van der Waals surface area (Å²) in [5.41, 5.74) is 0.978. The molecular formula is C14H11ClN2O3. The van der Waals surface area contributed by atoms with Crippen molar-refractivity contribution in [1.29, 1.82) is 0 Å². The standard InChI is InChI=1S/C14H11ClN2O3/c1-16(13-4-2-3-11(15)9-13)14(18)10-5-7-12(8-6-10)17(19)20/h2-9H,1H3. The van der Waals surface area contributed by atoms with E-state index in [0.29, 0.717) is 16.3 Å². The molecule has 0 unspecified atom stereocenters. The molecule has 0 saturated heterocycles. The summed E-state index contributed by atoms with van der Waals surface area (Å²) in [6.07, 6.45) is 0. The minimum atomic E-state index is -0.505. The second-order valence-corrected chi connectivity index (χ2v) is 4.58. The summed E-state index contributed by atoms with van der Waals surface area (Å²) in [5.74, 6) is -0.262. The average molecular weight is 291 g/mol. The number of anilines is 1. The lowest BCUT2D eigenvalue weighted by Gasteiger charge is -2.17. The smallest absolute Gasteiger partial charge is 0.269 e. The van der Waals surface area contributed by atoms with Gasteiger partial charge >= 0.3 is 0 Å². The van der Waals surface area contributed by atoms with Crippen molar-refractivity contribution in [1.82, 2.24) is 0 Å². The molecule has 0 atom stereocenters. The number of carbonyl (C=O) groups is 1. The highest BCUT2D eigenvalue weighted by atomic mass is 35.5. The first kappa shape index (κ1) is 14.0. The Kier molecular flexibility index (Phi) is 4.00. The second kappa shape index (κ2) is 5.71. The summed E-state index contributed by atoms with van der Waals surface area (Å²) >= 11 is 5.88. The first-order chi connectivity index (χ1) is 9.49. The number of nitro groups is 1. The lowest BCUT2D eigenvalue weighted by molar-refractivity contribution is -0.384. The van der Waals surface area contributed by atoms with Gasteiger partial charge in [0.15, 0.2) is 0 Å². The summed E-state index contributed by atoms with van der Waals surface area (Å²) in [6.45, 7) is 0. The van der Waals surface area contributed by atoms with Gasteiger partial charge in [0.25, 0.3) is 11.6 Å². The SMILES string of the molecule is CN(C(=O)c1ccc([N+](=O)[O-])cc1)c1cccc(Cl)c1. The van der Waals surface area contributed by atoms with Gasteiger partial charge < -0.3 is 4.90 Å². The molecule has 0 aromatic heterocycles. The van der Waals surface area contributed by atoms with Crippen LogP contribution < -0.4 is 4.90 Å². The van der Waals surface area contributed by atoms with Crippen molar-refractivity contribution < 1.29 is 9.72 Å². The molecule has 0 aliphatic rings. The van der Waals surface area contributed by atoms with Crippen molar-refractivity contribution in [3.63, 3.8) is 0 Å². The van der Waals surface area contributed by atoms with Crippen molar-refractivity contribution in [3.8, 4) is 0 Å². The molecule has 0 saturated carbocycles. The Morgan fingerprint density at radius 1 is 1.20 bits per heavy atom. The molecule has 20 heavy (non-hydrogen) atoms. The Morgan fingerprint density at radius 2 is 1.85 bits per heavy atom. The maximum absolute atomic E-state index is 12.3. The van der Waals surface area contributed by atoms with E-state index in [-0.39, 0.29) is 11.6 Å². The van der Waals surface area contributed by atoms with Gasteiger partial charge in [-0.15, -0.1) is 0 Å². The van der Waals surface area contributed by atoms with Crippen LogP contribution in [-0.4, -0.2) is 17.9 Å². The van der Waals surface area contributed by atoms with E-state index in [1.54, 1.807) is 31.3 Å². The minimum absolute atomic E-state index is 0.0491. The van der Waals surface area contributed by atoms with E-state index in [2.05, 4.69) is 0 Å². The van der Waals surface area contributed by atoms with Gasteiger partial charge in [-0.05, 0) is 30.3 Å². The largest absolute Gasteiger partial charge is 0.311 e. The quantitative estimate of drug-likeness (QED) is 0.642. The molecule has 0 aliphatic heterocycles. The number of nitrogens with zero attached hydrogens (tertiary/aromatic N) is 2. The Bertz CT molecular complexity index is 656. The van der Waals surface area contributed by atoms with Crippen LogP contribution in [0.15, 0.2) is 48.5 Å². The molecule has 0 heterocycles. The zero-order chi connectivity index (χ0) is 14.7. The third-order valence-electron chi connectivity index (χ3n) is 2.83. The first-order valence-corrected chi connectivity index (χ1v) is 6.15. The van der Waals surface area contributed by atoms with Crippen LogP contribution >= 0.6 is 11.6 Å². The molecule has 0 N–H and O–H groups in total. The summed E-state index contributed by atoms with van der Waals surface area (Å²) in [7, 11) is 1.62. The topological polar surface area (TPSA) is 63.5 Å². The van der Waals surface area contributed by atoms with Crippen molar-refractivity contribution >= 4 is 28.9 Å². The molecule has 0 radical (unpaired) electrons. The van der Waals surface area contributed by atoms with E-state index in [1.165, 1.54) is 29.2 Å². The predicted molar refractivity (Wildman–Crippen MR) is 77.3 cm³/mol. The normalized spacial score (nSPS) is 10.1. The minimum Gasteiger partial charge on any atom is -0.311 e. The van der Waals surface area contributed by atoms with Gasteiger partial charge in [0.1, 0.15) is 0 Å². The van der Waals surface area contributed by atoms with Crippen molar-refractivity contribution in [2.75, 3.05) is 11.9 Å². The zero-order valence-electron chi connectivity index (χ0n) is 10.6. The Labute approximate surface area is 120 Å². The molecule has 0 fully saturated rings. The van der Waals surface area contributed by atoms with E-state index in [0.717, 1.165) is 0 Å². The third kappa shape index (κ3) is 2.95. The van der Waals surface area contributed by atoms with Crippen LogP contribution in [0.25, 0.3) is 0 Å². The van der Waals surface area contributed by atoms with Gasteiger partial charge in [0.05, 0.1) is 4.92 Å². The predicted octanol–water partition coefficient (Wildman–Crippen LogP) is 3.52.